The minimum Gasteiger partial charge on any atom is -0.479 e. The van der Waals surface area contributed by atoms with Crippen LogP contribution in [0, 0.1) is 16.7 Å². The summed E-state index contributed by atoms with van der Waals surface area (Å²) in [5, 5.41) is 8.50. The molecule has 17 heavy (non-hydrogen) atoms. The average molecular weight is 244 g/mol. The molecule has 4 heteroatoms. The Morgan fingerprint density at radius 1 is 1.12 bits per heavy atom. The third kappa shape index (κ3) is 6.97. The molecule has 0 aromatic heterocycles. The van der Waals surface area contributed by atoms with Crippen molar-refractivity contribution in [3.63, 3.8) is 0 Å². The van der Waals surface area contributed by atoms with Gasteiger partial charge in [0.05, 0.1) is 5.92 Å². The van der Waals surface area contributed by atoms with Crippen molar-refractivity contribution in [2.75, 3.05) is 6.61 Å². The molecule has 1 N–H and O–H groups in total. The first-order chi connectivity index (χ1) is 7.43. The van der Waals surface area contributed by atoms with Gasteiger partial charge in [0.1, 0.15) is 0 Å². The van der Waals surface area contributed by atoms with Gasteiger partial charge in [0, 0.05) is 0 Å². The number of ether oxygens (including phenoxy) is 1. The van der Waals surface area contributed by atoms with Crippen LogP contribution in [0.4, 0.5) is 0 Å². The van der Waals surface area contributed by atoms with Gasteiger partial charge in [-0.3, -0.25) is 4.79 Å². The van der Waals surface area contributed by atoms with Crippen LogP contribution in [-0.4, -0.2) is 23.7 Å². The minimum absolute atomic E-state index is 0.000189. The molecule has 0 aromatic carbocycles. The summed E-state index contributed by atoms with van der Waals surface area (Å²) in [5.74, 6) is -1.83. The van der Waals surface area contributed by atoms with Crippen LogP contribution in [-0.2, 0) is 14.3 Å². The molecule has 0 aliphatic carbocycles. The van der Waals surface area contributed by atoms with E-state index in [4.69, 9.17) is 9.84 Å². The average Bonchev–Trinajstić information content (AvgIpc) is 2.07. The Bertz CT molecular complexity index is 281. The van der Waals surface area contributed by atoms with E-state index in [0.29, 0.717) is 6.42 Å². The van der Waals surface area contributed by atoms with Crippen LogP contribution in [0.15, 0.2) is 0 Å². The quantitative estimate of drug-likeness (QED) is 0.772. The van der Waals surface area contributed by atoms with Crippen LogP contribution in [0.1, 0.15) is 48.0 Å². The van der Waals surface area contributed by atoms with Crippen LogP contribution >= 0.6 is 0 Å². The molecule has 0 aliphatic rings. The van der Waals surface area contributed by atoms with E-state index in [0.717, 1.165) is 0 Å². The van der Waals surface area contributed by atoms with Gasteiger partial charge in [-0.1, -0.05) is 41.5 Å². The van der Waals surface area contributed by atoms with E-state index in [9.17, 15) is 9.59 Å². The smallest absolute Gasteiger partial charge is 0.341 e. The molecule has 1 unspecified atom stereocenters. The summed E-state index contributed by atoms with van der Waals surface area (Å²) in [5.41, 5.74) is -0.233. The number of aliphatic carboxylic acids is 1. The first kappa shape index (κ1) is 15.9. The topological polar surface area (TPSA) is 63.6 Å². The summed E-state index contributed by atoms with van der Waals surface area (Å²) in [7, 11) is 0. The third-order valence-corrected chi connectivity index (χ3v) is 2.48. The zero-order valence-corrected chi connectivity index (χ0v) is 11.7. The molecule has 0 fully saturated rings. The van der Waals surface area contributed by atoms with Crippen molar-refractivity contribution in [3.05, 3.63) is 0 Å². The number of hydrogen-bond donors (Lipinski definition) is 1. The summed E-state index contributed by atoms with van der Waals surface area (Å²) in [6.07, 6.45) is 0.676. The van der Waals surface area contributed by atoms with Gasteiger partial charge >= 0.3 is 11.9 Å². The van der Waals surface area contributed by atoms with Crippen LogP contribution in [0.5, 0.6) is 0 Å². The second-order valence-electron chi connectivity index (χ2n) is 6.68. The van der Waals surface area contributed by atoms with Crippen molar-refractivity contribution in [1.82, 2.24) is 0 Å². The zero-order valence-electron chi connectivity index (χ0n) is 11.7. The number of rotatable bonds is 4. The predicted octanol–water partition coefficient (Wildman–Crippen LogP) is 2.71. The Labute approximate surface area is 103 Å². The van der Waals surface area contributed by atoms with Gasteiger partial charge in [-0.15, -0.1) is 0 Å². The third-order valence-electron chi connectivity index (χ3n) is 2.48. The molecular weight excluding hydrogens is 220 g/mol. The molecular formula is C13H24O4. The van der Waals surface area contributed by atoms with E-state index in [1.54, 1.807) is 0 Å². The molecule has 0 spiro atoms. The van der Waals surface area contributed by atoms with Gasteiger partial charge in [0.25, 0.3) is 0 Å². The molecule has 1 atom stereocenters. The lowest BCUT2D eigenvalue weighted by molar-refractivity contribution is -0.161. The first-order valence-electron chi connectivity index (χ1n) is 5.82. The highest BCUT2D eigenvalue weighted by atomic mass is 16.5. The standard InChI is InChI=1S/C13H24O4/c1-12(2,3)7-9(13(4,5)6)11(16)17-8-10(14)15/h9H,7-8H2,1-6H3,(H,14,15). The fourth-order valence-electron chi connectivity index (χ4n) is 1.59. The van der Waals surface area contributed by atoms with Crippen LogP contribution < -0.4 is 0 Å². The Morgan fingerprint density at radius 2 is 1.59 bits per heavy atom. The Kier molecular flexibility index (Phi) is 5.17. The highest BCUT2D eigenvalue weighted by Crippen LogP contribution is 2.36. The number of carboxylic acid groups (broad SMARTS) is 1. The van der Waals surface area contributed by atoms with Crippen molar-refractivity contribution in [2.24, 2.45) is 16.7 Å². The van der Waals surface area contributed by atoms with Gasteiger partial charge < -0.3 is 9.84 Å². The van der Waals surface area contributed by atoms with Gasteiger partial charge in [0.15, 0.2) is 6.61 Å². The maximum absolute atomic E-state index is 11.9. The van der Waals surface area contributed by atoms with Crippen LogP contribution in [0.25, 0.3) is 0 Å². The van der Waals surface area contributed by atoms with E-state index in [2.05, 4.69) is 20.8 Å². The highest BCUT2D eigenvalue weighted by molar-refractivity contribution is 5.77. The number of esters is 1. The van der Waals surface area contributed by atoms with Gasteiger partial charge in [-0.05, 0) is 17.3 Å². The highest BCUT2D eigenvalue weighted by Gasteiger charge is 2.35. The Hall–Kier alpha value is -1.06. The molecule has 0 amide bonds. The lowest BCUT2D eigenvalue weighted by atomic mass is 9.72. The fraction of sp³-hybridized carbons (Fsp3) is 0.846. The van der Waals surface area contributed by atoms with E-state index >= 15 is 0 Å². The molecule has 0 rings (SSSR count). The molecule has 0 saturated heterocycles. The van der Waals surface area contributed by atoms with E-state index < -0.39 is 18.5 Å². The zero-order chi connectivity index (χ0) is 13.9. The molecule has 0 bridgehead atoms. The van der Waals surface area contributed by atoms with E-state index in [1.165, 1.54) is 0 Å². The molecule has 0 heterocycles. The monoisotopic (exact) mass is 244 g/mol. The number of carbonyl (C=O) groups is 2. The van der Waals surface area contributed by atoms with Gasteiger partial charge in [-0.2, -0.15) is 0 Å². The molecule has 4 nitrogen and oxygen atoms in total. The van der Waals surface area contributed by atoms with Gasteiger partial charge in [-0.25, -0.2) is 4.79 Å². The summed E-state index contributed by atoms with van der Waals surface area (Å²) < 4.78 is 4.80. The Balaban J connectivity index is 4.70. The molecule has 0 radical (unpaired) electrons. The Morgan fingerprint density at radius 3 is 1.88 bits per heavy atom. The van der Waals surface area contributed by atoms with Crippen LogP contribution in [0.3, 0.4) is 0 Å². The molecule has 0 aliphatic heterocycles. The number of carboxylic acids is 1. The van der Waals surface area contributed by atoms with Crippen molar-refractivity contribution in [2.45, 2.75) is 48.0 Å². The lowest BCUT2D eigenvalue weighted by Gasteiger charge is -2.33. The lowest BCUT2D eigenvalue weighted by Crippen LogP contribution is -2.34. The van der Waals surface area contributed by atoms with Crippen molar-refractivity contribution >= 4 is 11.9 Å². The first-order valence-corrected chi connectivity index (χ1v) is 5.82. The number of hydrogen-bond acceptors (Lipinski definition) is 3. The fourth-order valence-corrected chi connectivity index (χ4v) is 1.59. The summed E-state index contributed by atoms with van der Waals surface area (Å²) in [6, 6.07) is 0. The largest absolute Gasteiger partial charge is 0.479 e. The van der Waals surface area contributed by atoms with Crippen molar-refractivity contribution < 1.29 is 19.4 Å². The molecule has 100 valence electrons. The second-order valence-corrected chi connectivity index (χ2v) is 6.68. The maximum Gasteiger partial charge on any atom is 0.341 e. The second kappa shape index (κ2) is 5.52. The van der Waals surface area contributed by atoms with Gasteiger partial charge in [0.2, 0.25) is 0 Å². The molecule has 0 aromatic rings. The summed E-state index contributed by atoms with van der Waals surface area (Å²) >= 11 is 0. The summed E-state index contributed by atoms with van der Waals surface area (Å²) in [4.78, 5) is 22.3. The SMILES string of the molecule is CC(C)(C)CC(C(=O)OCC(=O)O)C(C)(C)C. The molecule has 0 saturated carbocycles. The van der Waals surface area contributed by atoms with Crippen molar-refractivity contribution in [1.29, 1.82) is 0 Å². The predicted molar refractivity (Wildman–Crippen MR) is 65.6 cm³/mol. The van der Waals surface area contributed by atoms with E-state index in [1.807, 2.05) is 20.8 Å². The van der Waals surface area contributed by atoms with E-state index in [-0.39, 0.29) is 16.7 Å². The van der Waals surface area contributed by atoms with Crippen molar-refractivity contribution in [3.8, 4) is 0 Å². The maximum atomic E-state index is 11.9. The summed E-state index contributed by atoms with van der Waals surface area (Å²) in [6.45, 7) is 11.5. The minimum atomic E-state index is -1.12. The normalized spacial score (nSPS) is 14.2. The number of carbonyl (C=O) groups excluding carboxylic acids is 1. The van der Waals surface area contributed by atoms with Crippen LogP contribution in [0.2, 0.25) is 0 Å².